The van der Waals surface area contributed by atoms with E-state index >= 15 is 0 Å². The minimum Gasteiger partial charge on any atom is -0.339 e. The number of rotatable bonds is 4. The van der Waals surface area contributed by atoms with E-state index < -0.39 is 0 Å². The molecule has 4 rings (SSSR count). The zero-order valence-electron chi connectivity index (χ0n) is 11.8. The summed E-state index contributed by atoms with van der Waals surface area (Å²) in [5.74, 6) is 1.12. The summed E-state index contributed by atoms with van der Waals surface area (Å²) in [6, 6.07) is 11.4. The second-order valence-corrected chi connectivity index (χ2v) is 7.13. The fourth-order valence-corrected chi connectivity index (χ4v) is 3.77. The Kier molecular flexibility index (Phi) is 3.95. The van der Waals surface area contributed by atoms with E-state index in [0.29, 0.717) is 23.2 Å². The van der Waals surface area contributed by atoms with E-state index in [0.717, 1.165) is 16.3 Å². The van der Waals surface area contributed by atoms with E-state index in [-0.39, 0.29) is 0 Å². The third-order valence-corrected chi connectivity index (χ3v) is 5.19. The maximum atomic E-state index is 5.89. The van der Waals surface area contributed by atoms with Gasteiger partial charge in [0.05, 0.1) is 17.0 Å². The molecule has 0 saturated carbocycles. The van der Waals surface area contributed by atoms with Gasteiger partial charge in [-0.05, 0) is 35.7 Å². The number of thiophene rings is 1. The van der Waals surface area contributed by atoms with Gasteiger partial charge in [-0.15, -0.1) is 22.7 Å². The summed E-state index contributed by atoms with van der Waals surface area (Å²) in [5.41, 5.74) is 1.88. The Labute approximate surface area is 145 Å². The predicted molar refractivity (Wildman–Crippen MR) is 93.0 cm³/mol. The SMILES string of the molecule is Clc1ccc(-c2noc(Cc3nc(-c4cccs4)cs3)n2)cc1. The van der Waals surface area contributed by atoms with Crippen LogP contribution < -0.4 is 0 Å². The maximum absolute atomic E-state index is 5.89. The van der Waals surface area contributed by atoms with Gasteiger partial charge in [0.15, 0.2) is 0 Å². The van der Waals surface area contributed by atoms with Crippen molar-refractivity contribution < 1.29 is 4.52 Å². The van der Waals surface area contributed by atoms with Crippen LogP contribution in [0.3, 0.4) is 0 Å². The van der Waals surface area contributed by atoms with Gasteiger partial charge in [-0.1, -0.05) is 22.8 Å². The Morgan fingerprint density at radius 2 is 1.91 bits per heavy atom. The Morgan fingerprint density at radius 1 is 1.04 bits per heavy atom. The molecule has 7 heteroatoms. The summed E-state index contributed by atoms with van der Waals surface area (Å²) in [7, 11) is 0. The van der Waals surface area contributed by atoms with Crippen molar-refractivity contribution >= 4 is 34.3 Å². The van der Waals surface area contributed by atoms with Crippen molar-refractivity contribution in [1.29, 1.82) is 0 Å². The van der Waals surface area contributed by atoms with Crippen LogP contribution in [0.25, 0.3) is 22.0 Å². The van der Waals surface area contributed by atoms with Crippen LogP contribution in [0.4, 0.5) is 0 Å². The van der Waals surface area contributed by atoms with Gasteiger partial charge in [0.25, 0.3) is 0 Å². The molecule has 0 aliphatic carbocycles. The van der Waals surface area contributed by atoms with Crippen molar-refractivity contribution in [3.63, 3.8) is 0 Å². The Hall–Kier alpha value is -2.02. The summed E-state index contributed by atoms with van der Waals surface area (Å²) < 4.78 is 5.33. The van der Waals surface area contributed by atoms with E-state index in [2.05, 4.69) is 26.6 Å². The number of hydrogen-bond acceptors (Lipinski definition) is 6. The summed E-state index contributed by atoms with van der Waals surface area (Å²) >= 11 is 9.17. The molecule has 0 aliphatic rings. The quantitative estimate of drug-likeness (QED) is 0.504. The lowest BCUT2D eigenvalue weighted by molar-refractivity contribution is 0.385. The predicted octanol–water partition coefficient (Wildman–Crippen LogP) is 5.17. The fourth-order valence-electron chi connectivity index (χ4n) is 2.10. The Morgan fingerprint density at radius 3 is 2.70 bits per heavy atom. The third-order valence-electron chi connectivity index (χ3n) is 3.20. The van der Waals surface area contributed by atoms with Gasteiger partial charge < -0.3 is 4.52 Å². The van der Waals surface area contributed by atoms with Crippen LogP contribution in [-0.2, 0) is 6.42 Å². The average Bonchev–Trinajstić information content (AvgIpc) is 3.29. The smallest absolute Gasteiger partial charge is 0.233 e. The fraction of sp³-hybridized carbons (Fsp3) is 0.0625. The van der Waals surface area contributed by atoms with E-state index in [4.69, 9.17) is 16.1 Å². The lowest BCUT2D eigenvalue weighted by Gasteiger charge is -1.93. The number of thiazole rings is 1. The van der Waals surface area contributed by atoms with E-state index in [1.54, 1.807) is 34.8 Å². The highest BCUT2D eigenvalue weighted by molar-refractivity contribution is 7.14. The first kappa shape index (κ1) is 14.6. The molecule has 0 bridgehead atoms. The molecule has 0 radical (unpaired) electrons. The van der Waals surface area contributed by atoms with Gasteiger partial charge in [-0.2, -0.15) is 4.98 Å². The molecular formula is C16H10ClN3OS2. The van der Waals surface area contributed by atoms with Gasteiger partial charge >= 0.3 is 0 Å². The lowest BCUT2D eigenvalue weighted by atomic mass is 10.2. The molecular weight excluding hydrogens is 350 g/mol. The van der Waals surface area contributed by atoms with Crippen LogP contribution in [-0.4, -0.2) is 15.1 Å². The molecule has 114 valence electrons. The van der Waals surface area contributed by atoms with Crippen LogP contribution in [0.1, 0.15) is 10.9 Å². The Bertz CT molecular complexity index is 913. The second kappa shape index (κ2) is 6.23. The monoisotopic (exact) mass is 359 g/mol. The van der Waals surface area contributed by atoms with Gasteiger partial charge in [-0.25, -0.2) is 4.98 Å². The van der Waals surface area contributed by atoms with Crippen LogP contribution in [0.5, 0.6) is 0 Å². The summed E-state index contributed by atoms with van der Waals surface area (Å²) in [4.78, 5) is 10.2. The average molecular weight is 360 g/mol. The van der Waals surface area contributed by atoms with Crippen molar-refractivity contribution in [2.24, 2.45) is 0 Å². The van der Waals surface area contributed by atoms with Crippen LogP contribution >= 0.6 is 34.3 Å². The minimum absolute atomic E-state index is 0.538. The first-order valence-corrected chi connectivity index (χ1v) is 8.98. The van der Waals surface area contributed by atoms with Crippen molar-refractivity contribution in [3.8, 4) is 22.0 Å². The molecule has 0 atom stereocenters. The standard InChI is InChI=1S/C16H10ClN3OS2/c17-11-5-3-10(4-6-11)16-19-14(21-20-16)8-15-18-12(9-23-15)13-2-1-7-22-13/h1-7,9H,8H2. The molecule has 0 N–H and O–H groups in total. The van der Waals surface area contributed by atoms with Crippen molar-refractivity contribution in [2.45, 2.75) is 6.42 Å². The van der Waals surface area contributed by atoms with Gasteiger partial charge in [-0.3, -0.25) is 0 Å². The highest BCUT2D eigenvalue weighted by Crippen LogP contribution is 2.27. The van der Waals surface area contributed by atoms with Crippen molar-refractivity contribution in [2.75, 3.05) is 0 Å². The molecule has 0 fully saturated rings. The molecule has 1 aromatic carbocycles. The number of nitrogens with zero attached hydrogens (tertiary/aromatic N) is 3. The van der Waals surface area contributed by atoms with Crippen LogP contribution in [0.2, 0.25) is 5.02 Å². The molecule has 0 spiro atoms. The second-order valence-electron chi connectivity index (χ2n) is 4.80. The third kappa shape index (κ3) is 3.19. The van der Waals surface area contributed by atoms with Gasteiger partial charge in [0.2, 0.25) is 11.7 Å². The normalized spacial score (nSPS) is 11.0. The first-order valence-electron chi connectivity index (χ1n) is 6.85. The maximum Gasteiger partial charge on any atom is 0.233 e. The molecule has 3 aromatic heterocycles. The molecule has 0 aliphatic heterocycles. The molecule has 0 amide bonds. The van der Waals surface area contributed by atoms with Gasteiger partial charge in [0.1, 0.15) is 5.01 Å². The molecule has 23 heavy (non-hydrogen) atoms. The van der Waals surface area contributed by atoms with Crippen LogP contribution in [0, 0.1) is 0 Å². The number of aromatic nitrogens is 3. The van der Waals surface area contributed by atoms with E-state index in [1.807, 2.05) is 23.6 Å². The Balaban J connectivity index is 1.53. The molecule has 0 unspecified atom stereocenters. The first-order chi connectivity index (χ1) is 11.3. The largest absolute Gasteiger partial charge is 0.339 e. The topological polar surface area (TPSA) is 51.8 Å². The van der Waals surface area contributed by atoms with Crippen LogP contribution in [0.15, 0.2) is 51.7 Å². The zero-order chi connectivity index (χ0) is 15.6. The molecule has 0 saturated heterocycles. The lowest BCUT2D eigenvalue weighted by Crippen LogP contribution is -1.88. The van der Waals surface area contributed by atoms with E-state index in [1.165, 1.54) is 4.88 Å². The number of halogens is 1. The highest BCUT2D eigenvalue weighted by atomic mass is 35.5. The molecule has 4 aromatic rings. The molecule has 4 nitrogen and oxygen atoms in total. The van der Waals surface area contributed by atoms with Crippen molar-refractivity contribution in [3.05, 3.63) is 63.1 Å². The van der Waals surface area contributed by atoms with Crippen molar-refractivity contribution in [1.82, 2.24) is 15.1 Å². The van der Waals surface area contributed by atoms with E-state index in [9.17, 15) is 0 Å². The number of benzene rings is 1. The molecule has 3 heterocycles. The van der Waals surface area contributed by atoms with Gasteiger partial charge in [0, 0.05) is 16.0 Å². The zero-order valence-corrected chi connectivity index (χ0v) is 14.2. The highest BCUT2D eigenvalue weighted by Gasteiger charge is 2.12. The minimum atomic E-state index is 0.538. The summed E-state index contributed by atoms with van der Waals surface area (Å²) in [6.45, 7) is 0. The number of hydrogen-bond donors (Lipinski definition) is 0. The summed E-state index contributed by atoms with van der Waals surface area (Å²) in [6.07, 6.45) is 0.538. The summed E-state index contributed by atoms with van der Waals surface area (Å²) in [5, 5.41) is 9.76.